The predicted molar refractivity (Wildman–Crippen MR) is 83.1 cm³/mol. The molecule has 0 aliphatic rings. The Bertz CT molecular complexity index is 562. The summed E-state index contributed by atoms with van der Waals surface area (Å²) in [6.07, 6.45) is -1.32. The van der Waals surface area contributed by atoms with Crippen LogP contribution in [0.4, 0.5) is 21.9 Å². The van der Waals surface area contributed by atoms with E-state index in [1.165, 1.54) is 13.2 Å². The van der Waals surface area contributed by atoms with Crippen molar-refractivity contribution < 1.29 is 19.6 Å². The lowest BCUT2D eigenvalue weighted by molar-refractivity contribution is -0.384. The van der Waals surface area contributed by atoms with E-state index in [-0.39, 0.29) is 17.1 Å². The molecule has 0 unspecified atom stereocenters. The number of carboxylic acid groups (broad SMARTS) is 1. The van der Waals surface area contributed by atoms with Gasteiger partial charge < -0.3 is 19.6 Å². The molecule has 22 heavy (non-hydrogen) atoms. The third-order valence-corrected chi connectivity index (χ3v) is 3.03. The smallest absolute Gasteiger partial charge is 0.409 e. The van der Waals surface area contributed by atoms with Crippen molar-refractivity contribution >= 4 is 23.2 Å². The number of hydrogen-bond donors (Lipinski definition) is 2. The maximum absolute atomic E-state index is 11.3. The van der Waals surface area contributed by atoms with Gasteiger partial charge in [-0.15, -0.1) is 0 Å². The first-order valence-corrected chi connectivity index (χ1v) is 6.48. The van der Waals surface area contributed by atoms with Gasteiger partial charge in [0.25, 0.3) is 5.69 Å². The molecule has 0 aliphatic carbocycles. The molecule has 1 aromatic carbocycles. The van der Waals surface area contributed by atoms with Crippen LogP contribution in [0.1, 0.15) is 0 Å². The van der Waals surface area contributed by atoms with E-state index < -0.39 is 11.0 Å². The van der Waals surface area contributed by atoms with Crippen molar-refractivity contribution in [2.45, 2.75) is 0 Å². The van der Waals surface area contributed by atoms with Crippen molar-refractivity contribution in [3.05, 3.63) is 22.2 Å². The number of rotatable bonds is 7. The van der Waals surface area contributed by atoms with E-state index in [2.05, 4.69) is 5.32 Å². The van der Waals surface area contributed by atoms with Gasteiger partial charge in [-0.3, -0.25) is 15.4 Å². The number of methoxy groups -OCH3 is 1. The van der Waals surface area contributed by atoms with Crippen molar-refractivity contribution in [3.63, 3.8) is 0 Å². The van der Waals surface area contributed by atoms with Crippen LogP contribution in [0, 0.1) is 10.1 Å². The molecule has 1 rings (SSSR count). The average Bonchev–Trinajstić information content (AvgIpc) is 2.43. The van der Waals surface area contributed by atoms with Gasteiger partial charge in [-0.2, -0.15) is 0 Å². The first-order chi connectivity index (χ1) is 10.3. The summed E-state index contributed by atoms with van der Waals surface area (Å²) in [7, 11) is 6.92. The van der Waals surface area contributed by atoms with Crippen LogP contribution < -0.4 is 15.0 Å². The normalized spacial score (nSPS) is 10.4. The fourth-order valence-corrected chi connectivity index (χ4v) is 1.86. The molecule has 0 aromatic heterocycles. The summed E-state index contributed by atoms with van der Waals surface area (Å²) in [6, 6.07) is 2.62. The van der Waals surface area contributed by atoms with Crippen molar-refractivity contribution in [2.75, 3.05) is 51.6 Å². The van der Waals surface area contributed by atoms with Gasteiger partial charge in [0.05, 0.1) is 17.7 Å². The van der Waals surface area contributed by atoms with Gasteiger partial charge in [0, 0.05) is 32.3 Å². The molecule has 0 saturated carbocycles. The largest absolute Gasteiger partial charge is 0.494 e. The molecular formula is C13H20N4O5. The van der Waals surface area contributed by atoms with Gasteiger partial charge in [-0.25, -0.2) is 4.79 Å². The Morgan fingerprint density at radius 2 is 2.00 bits per heavy atom. The second-order valence-electron chi connectivity index (χ2n) is 4.95. The summed E-state index contributed by atoms with van der Waals surface area (Å²) in [5, 5.41) is 22.1. The minimum absolute atomic E-state index is 0.0338. The third kappa shape index (κ3) is 4.48. The van der Waals surface area contributed by atoms with Crippen LogP contribution in [-0.2, 0) is 0 Å². The third-order valence-electron chi connectivity index (χ3n) is 3.03. The number of amides is 1. The molecule has 2 N–H and O–H groups in total. The van der Waals surface area contributed by atoms with Crippen molar-refractivity contribution in [2.24, 2.45) is 0 Å². The van der Waals surface area contributed by atoms with Crippen molar-refractivity contribution in [1.29, 1.82) is 0 Å². The fraction of sp³-hybridized carbons (Fsp3) is 0.462. The second kappa shape index (κ2) is 7.46. The highest BCUT2D eigenvalue weighted by Gasteiger charge is 2.22. The van der Waals surface area contributed by atoms with Gasteiger partial charge in [0.15, 0.2) is 0 Å². The van der Waals surface area contributed by atoms with E-state index in [9.17, 15) is 14.9 Å². The zero-order valence-electron chi connectivity index (χ0n) is 13.0. The topological polar surface area (TPSA) is 108 Å². The van der Waals surface area contributed by atoms with Crippen LogP contribution in [0.25, 0.3) is 0 Å². The maximum Gasteiger partial charge on any atom is 0.409 e. The summed E-state index contributed by atoms with van der Waals surface area (Å²) >= 11 is 0. The lowest BCUT2D eigenvalue weighted by Crippen LogP contribution is -2.29. The van der Waals surface area contributed by atoms with E-state index in [1.54, 1.807) is 11.9 Å². The molecule has 0 atom stereocenters. The minimum Gasteiger partial charge on any atom is -0.494 e. The predicted octanol–water partition coefficient (Wildman–Crippen LogP) is 1.69. The SMILES string of the molecule is COc1cc(N(C)CCN(C)C)c([N+](=O)[O-])cc1NC(=O)O. The Morgan fingerprint density at radius 1 is 1.36 bits per heavy atom. The van der Waals surface area contributed by atoms with Crippen LogP contribution in [0.2, 0.25) is 0 Å². The molecule has 0 heterocycles. The number of nitro benzene ring substituents is 1. The molecule has 0 aliphatic heterocycles. The molecule has 0 fully saturated rings. The number of likely N-dealkylation sites (N-methyl/N-ethyl adjacent to an activating group) is 2. The minimum atomic E-state index is -1.32. The maximum atomic E-state index is 11.3. The monoisotopic (exact) mass is 312 g/mol. The summed E-state index contributed by atoms with van der Waals surface area (Å²) in [4.78, 5) is 25.2. The molecule has 1 amide bonds. The highest BCUT2D eigenvalue weighted by molar-refractivity contribution is 5.88. The summed E-state index contributed by atoms with van der Waals surface area (Å²) in [5.41, 5.74) is 0.205. The van der Waals surface area contributed by atoms with Gasteiger partial charge in [0.1, 0.15) is 11.4 Å². The van der Waals surface area contributed by atoms with Gasteiger partial charge in [-0.1, -0.05) is 0 Å². The molecule has 9 heteroatoms. The standard InChI is InChI=1S/C13H20N4O5/c1-15(2)5-6-16(3)10-8-12(22-4)9(14-13(18)19)7-11(10)17(20)21/h7-8,14H,5-6H2,1-4H3,(H,18,19). The number of ether oxygens (including phenoxy) is 1. The Hall–Kier alpha value is -2.55. The summed E-state index contributed by atoms with van der Waals surface area (Å²) in [5.74, 6) is 0.222. The lowest BCUT2D eigenvalue weighted by atomic mass is 10.2. The molecule has 0 spiro atoms. The van der Waals surface area contributed by atoms with Crippen LogP contribution in [-0.4, -0.2) is 62.4 Å². The Balaban J connectivity index is 3.25. The number of hydrogen-bond acceptors (Lipinski definition) is 6. The lowest BCUT2D eigenvalue weighted by Gasteiger charge is -2.22. The first-order valence-electron chi connectivity index (χ1n) is 6.48. The zero-order chi connectivity index (χ0) is 16.9. The van der Waals surface area contributed by atoms with E-state index in [1.807, 2.05) is 19.0 Å². The van der Waals surface area contributed by atoms with E-state index in [4.69, 9.17) is 9.84 Å². The molecule has 0 bridgehead atoms. The van der Waals surface area contributed by atoms with Crippen molar-refractivity contribution in [1.82, 2.24) is 4.90 Å². The Labute approximate surface area is 128 Å². The molecular weight excluding hydrogens is 292 g/mol. The van der Waals surface area contributed by atoms with E-state index in [0.717, 1.165) is 6.07 Å². The van der Waals surface area contributed by atoms with Gasteiger partial charge in [0.2, 0.25) is 0 Å². The number of nitrogens with one attached hydrogen (secondary N) is 1. The molecule has 0 saturated heterocycles. The zero-order valence-corrected chi connectivity index (χ0v) is 13.0. The summed E-state index contributed by atoms with van der Waals surface area (Å²) < 4.78 is 5.11. The van der Waals surface area contributed by atoms with Gasteiger partial charge >= 0.3 is 6.09 Å². The van der Waals surface area contributed by atoms with Gasteiger partial charge in [-0.05, 0) is 14.1 Å². The first kappa shape index (κ1) is 17.5. The van der Waals surface area contributed by atoms with Crippen molar-refractivity contribution in [3.8, 4) is 5.75 Å². The number of anilines is 2. The van der Waals surface area contributed by atoms with Crippen LogP contribution in [0.15, 0.2) is 12.1 Å². The number of carbonyl (C=O) groups is 1. The number of benzene rings is 1. The Morgan fingerprint density at radius 3 is 2.45 bits per heavy atom. The van der Waals surface area contributed by atoms with E-state index >= 15 is 0 Å². The molecule has 1 aromatic rings. The molecule has 9 nitrogen and oxygen atoms in total. The fourth-order valence-electron chi connectivity index (χ4n) is 1.86. The quantitative estimate of drug-likeness (QED) is 0.582. The number of nitro groups is 1. The number of nitrogens with zero attached hydrogens (tertiary/aromatic N) is 3. The molecule has 0 radical (unpaired) electrons. The van der Waals surface area contributed by atoms with Crippen LogP contribution >= 0.6 is 0 Å². The highest BCUT2D eigenvalue weighted by Crippen LogP contribution is 2.37. The van der Waals surface area contributed by atoms with E-state index in [0.29, 0.717) is 18.8 Å². The Kier molecular flexibility index (Phi) is 5.93. The average molecular weight is 312 g/mol. The second-order valence-corrected chi connectivity index (χ2v) is 4.95. The molecule has 122 valence electrons. The van der Waals surface area contributed by atoms with Crippen LogP contribution in [0.5, 0.6) is 5.75 Å². The highest BCUT2D eigenvalue weighted by atomic mass is 16.6. The summed E-state index contributed by atoms with van der Waals surface area (Å²) in [6.45, 7) is 1.29. The van der Waals surface area contributed by atoms with Crippen LogP contribution in [0.3, 0.4) is 0 Å².